The molecule has 0 fully saturated rings. The van der Waals surface area contributed by atoms with Crippen molar-refractivity contribution >= 4 is 5.91 Å². The molecule has 3 rings (SSSR count). The van der Waals surface area contributed by atoms with Gasteiger partial charge in [-0.15, -0.1) is 0 Å². The summed E-state index contributed by atoms with van der Waals surface area (Å²) >= 11 is 0. The molecule has 0 aliphatic carbocycles. The minimum absolute atomic E-state index is 0.232. The van der Waals surface area contributed by atoms with Crippen LogP contribution in [-0.2, 0) is 6.54 Å². The summed E-state index contributed by atoms with van der Waals surface area (Å²) in [6, 6.07) is 11.9. The minimum Gasteiger partial charge on any atom is -0.347 e. The number of carbonyl (C=O) groups excluding carboxylic acids is 1. The van der Waals surface area contributed by atoms with Gasteiger partial charge in [0, 0.05) is 31.3 Å². The lowest BCUT2D eigenvalue weighted by atomic mass is 10.1. The van der Waals surface area contributed by atoms with Gasteiger partial charge in [-0.05, 0) is 22.8 Å². The number of pyridine rings is 1. The van der Waals surface area contributed by atoms with Crippen molar-refractivity contribution in [2.45, 2.75) is 6.54 Å². The Balaban J connectivity index is 1.63. The maximum Gasteiger partial charge on any atom is 0.271 e. The number of carbonyl (C=O) groups is 1. The van der Waals surface area contributed by atoms with E-state index in [1.807, 2.05) is 42.6 Å². The maximum atomic E-state index is 11.9. The van der Waals surface area contributed by atoms with Gasteiger partial charge in [-0.25, -0.2) is 4.98 Å². The van der Waals surface area contributed by atoms with E-state index in [0.29, 0.717) is 12.2 Å². The molecule has 1 amide bonds. The van der Waals surface area contributed by atoms with E-state index in [-0.39, 0.29) is 5.91 Å². The predicted molar refractivity (Wildman–Crippen MR) is 82.9 cm³/mol. The highest BCUT2D eigenvalue weighted by Crippen LogP contribution is 2.18. The van der Waals surface area contributed by atoms with Crippen molar-refractivity contribution in [3.05, 3.63) is 78.6 Å². The van der Waals surface area contributed by atoms with Crippen LogP contribution < -0.4 is 5.32 Å². The number of aromatic nitrogens is 3. The third-order valence-corrected chi connectivity index (χ3v) is 3.20. The zero-order chi connectivity index (χ0) is 15.2. The summed E-state index contributed by atoms with van der Waals surface area (Å²) in [7, 11) is 0. The van der Waals surface area contributed by atoms with Crippen molar-refractivity contribution in [2.24, 2.45) is 0 Å². The van der Waals surface area contributed by atoms with Crippen LogP contribution in [0.15, 0.2) is 67.4 Å². The Bertz CT molecular complexity index is 743. The number of nitrogens with one attached hydrogen (secondary N) is 1. The lowest BCUT2D eigenvalue weighted by Crippen LogP contribution is -2.23. The normalized spacial score (nSPS) is 10.2. The molecule has 0 spiro atoms. The molecule has 0 aliphatic heterocycles. The number of amides is 1. The Labute approximate surface area is 128 Å². The van der Waals surface area contributed by atoms with Crippen LogP contribution in [-0.4, -0.2) is 20.9 Å². The largest absolute Gasteiger partial charge is 0.347 e. The summed E-state index contributed by atoms with van der Waals surface area (Å²) in [5.74, 6) is -0.232. The molecule has 5 heteroatoms. The molecule has 2 aromatic heterocycles. The van der Waals surface area contributed by atoms with Crippen LogP contribution >= 0.6 is 0 Å². The number of benzene rings is 1. The molecule has 22 heavy (non-hydrogen) atoms. The van der Waals surface area contributed by atoms with Gasteiger partial charge in [0.25, 0.3) is 5.91 Å². The van der Waals surface area contributed by atoms with Gasteiger partial charge in [0.1, 0.15) is 5.69 Å². The summed E-state index contributed by atoms with van der Waals surface area (Å²) in [4.78, 5) is 23.8. The number of hydrogen-bond acceptors (Lipinski definition) is 4. The van der Waals surface area contributed by atoms with Gasteiger partial charge in [0.05, 0.1) is 6.20 Å². The van der Waals surface area contributed by atoms with Gasteiger partial charge < -0.3 is 5.32 Å². The van der Waals surface area contributed by atoms with Crippen molar-refractivity contribution in [1.29, 1.82) is 0 Å². The summed E-state index contributed by atoms with van der Waals surface area (Å²) in [6.07, 6.45) is 8.05. The van der Waals surface area contributed by atoms with E-state index in [2.05, 4.69) is 20.3 Å². The second-order valence-electron chi connectivity index (χ2n) is 4.71. The van der Waals surface area contributed by atoms with Gasteiger partial charge in [-0.1, -0.05) is 30.3 Å². The fourth-order valence-electron chi connectivity index (χ4n) is 2.04. The molecule has 0 saturated carbocycles. The lowest BCUT2D eigenvalue weighted by Gasteiger charge is -2.06. The lowest BCUT2D eigenvalue weighted by molar-refractivity contribution is 0.0945. The molecule has 2 heterocycles. The van der Waals surface area contributed by atoms with Crippen LogP contribution in [0.25, 0.3) is 11.1 Å². The molecular weight excluding hydrogens is 276 g/mol. The molecule has 3 aromatic rings. The fraction of sp³-hybridized carbons (Fsp3) is 0.0588. The Morgan fingerprint density at radius 2 is 1.73 bits per heavy atom. The van der Waals surface area contributed by atoms with Gasteiger partial charge in [0.15, 0.2) is 0 Å². The van der Waals surface area contributed by atoms with Crippen LogP contribution in [0.3, 0.4) is 0 Å². The molecule has 0 radical (unpaired) electrons. The second kappa shape index (κ2) is 6.58. The standard InChI is InChI=1S/C17H14N4O/c22-17(16-12-19-8-9-20-16)21-10-13-3-5-14(6-4-13)15-2-1-7-18-11-15/h1-9,11-12H,10H2,(H,21,22). The molecule has 0 atom stereocenters. The van der Waals surface area contributed by atoms with E-state index in [4.69, 9.17) is 0 Å². The summed E-state index contributed by atoms with van der Waals surface area (Å²) in [6.45, 7) is 0.447. The van der Waals surface area contributed by atoms with E-state index in [1.165, 1.54) is 18.6 Å². The number of nitrogens with zero attached hydrogens (tertiary/aromatic N) is 3. The average Bonchev–Trinajstić information content (AvgIpc) is 2.61. The van der Waals surface area contributed by atoms with E-state index in [1.54, 1.807) is 6.20 Å². The monoisotopic (exact) mass is 290 g/mol. The Morgan fingerprint density at radius 3 is 2.41 bits per heavy atom. The van der Waals surface area contributed by atoms with E-state index in [9.17, 15) is 4.79 Å². The Morgan fingerprint density at radius 1 is 0.909 bits per heavy atom. The molecule has 1 N–H and O–H groups in total. The molecule has 1 aromatic carbocycles. The van der Waals surface area contributed by atoms with Crippen LogP contribution in [0, 0.1) is 0 Å². The fourth-order valence-corrected chi connectivity index (χ4v) is 2.04. The Kier molecular flexibility index (Phi) is 4.15. The first-order valence-corrected chi connectivity index (χ1v) is 6.86. The summed E-state index contributed by atoms with van der Waals surface area (Å²) in [5.41, 5.74) is 3.49. The predicted octanol–water partition coefficient (Wildman–Crippen LogP) is 2.47. The zero-order valence-corrected chi connectivity index (χ0v) is 11.8. The first-order valence-electron chi connectivity index (χ1n) is 6.86. The summed E-state index contributed by atoms with van der Waals surface area (Å²) < 4.78 is 0. The highest BCUT2D eigenvalue weighted by atomic mass is 16.1. The van der Waals surface area contributed by atoms with Gasteiger partial charge in [-0.3, -0.25) is 14.8 Å². The molecule has 108 valence electrons. The van der Waals surface area contributed by atoms with Gasteiger partial charge >= 0.3 is 0 Å². The van der Waals surface area contributed by atoms with Crippen LogP contribution in [0.1, 0.15) is 16.1 Å². The molecular formula is C17H14N4O. The highest BCUT2D eigenvalue weighted by molar-refractivity contribution is 5.91. The smallest absolute Gasteiger partial charge is 0.271 e. The molecule has 5 nitrogen and oxygen atoms in total. The first kappa shape index (κ1) is 13.9. The van der Waals surface area contributed by atoms with Crippen molar-refractivity contribution in [2.75, 3.05) is 0 Å². The Hall–Kier alpha value is -3.08. The topological polar surface area (TPSA) is 67.8 Å². The van der Waals surface area contributed by atoms with Crippen LogP contribution in [0.5, 0.6) is 0 Å². The minimum atomic E-state index is -0.232. The number of hydrogen-bond donors (Lipinski definition) is 1. The third kappa shape index (κ3) is 3.32. The molecule has 0 saturated heterocycles. The zero-order valence-electron chi connectivity index (χ0n) is 11.8. The third-order valence-electron chi connectivity index (χ3n) is 3.20. The van der Waals surface area contributed by atoms with Crippen molar-refractivity contribution in [3.63, 3.8) is 0 Å². The highest BCUT2D eigenvalue weighted by Gasteiger charge is 2.06. The van der Waals surface area contributed by atoms with Crippen molar-refractivity contribution in [1.82, 2.24) is 20.3 Å². The maximum absolute atomic E-state index is 11.9. The first-order chi connectivity index (χ1) is 10.8. The average molecular weight is 290 g/mol. The van der Waals surface area contributed by atoms with Gasteiger partial charge in [0.2, 0.25) is 0 Å². The van der Waals surface area contributed by atoms with Crippen molar-refractivity contribution in [3.8, 4) is 11.1 Å². The van der Waals surface area contributed by atoms with E-state index >= 15 is 0 Å². The molecule has 0 aliphatic rings. The second-order valence-corrected chi connectivity index (χ2v) is 4.71. The SMILES string of the molecule is O=C(NCc1ccc(-c2cccnc2)cc1)c1cnccn1. The quantitative estimate of drug-likeness (QED) is 0.801. The number of rotatable bonds is 4. The van der Waals surface area contributed by atoms with Crippen LogP contribution in [0.2, 0.25) is 0 Å². The van der Waals surface area contributed by atoms with Gasteiger partial charge in [-0.2, -0.15) is 0 Å². The van der Waals surface area contributed by atoms with Crippen LogP contribution in [0.4, 0.5) is 0 Å². The molecule has 0 unspecified atom stereocenters. The van der Waals surface area contributed by atoms with E-state index in [0.717, 1.165) is 16.7 Å². The van der Waals surface area contributed by atoms with E-state index < -0.39 is 0 Å². The summed E-state index contributed by atoms with van der Waals surface area (Å²) in [5, 5.41) is 2.82. The van der Waals surface area contributed by atoms with Crippen molar-refractivity contribution < 1.29 is 4.79 Å². The molecule has 0 bridgehead atoms.